The van der Waals surface area contributed by atoms with Crippen LogP contribution in [0.25, 0.3) is 0 Å². The molecule has 0 spiro atoms. The number of hydrogen-bond donors (Lipinski definition) is 2. The zero-order valence-corrected chi connectivity index (χ0v) is 10.4. The van der Waals surface area contributed by atoms with Crippen LogP contribution < -0.4 is 16.0 Å². The Morgan fingerprint density at radius 1 is 1.56 bits per heavy atom. The quantitative estimate of drug-likeness (QED) is 0.716. The molecule has 2 unspecified atom stereocenters. The summed E-state index contributed by atoms with van der Waals surface area (Å²) < 4.78 is 0. The molecule has 0 radical (unpaired) electrons. The van der Waals surface area contributed by atoms with Crippen LogP contribution >= 0.6 is 0 Å². The Labute approximate surface area is 105 Å². The largest absolute Gasteiger partial charge is 0.335 e. The Bertz CT molecular complexity index is 487. The van der Waals surface area contributed by atoms with Gasteiger partial charge in [-0.3, -0.25) is 14.9 Å². The second kappa shape index (κ2) is 4.73. The molecule has 6 heteroatoms. The maximum Gasteiger partial charge on any atom is 0.249 e. The molecule has 96 valence electrons. The Morgan fingerprint density at radius 3 is 2.94 bits per heavy atom. The second-order valence-electron chi connectivity index (χ2n) is 4.42. The minimum absolute atomic E-state index is 0.115. The van der Waals surface area contributed by atoms with Crippen LogP contribution in [0, 0.1) is 0 Å². The Hall–Kier alpha value is -1.95. The van der Waals surface area contributed by atoms with Crippen molar-refractivity contribution in [3.63, 3.8) is 0 Å². The highest BCUT2D eigenvalue weighted by Crippen LogP contribution is 2.24. The van der Waals surface area contributed by atoms with Crippen molar-refractivity contribution in [2.45, 2.75) is 25.9 Å². The fourth-order valence-electron chi connectivity index (χ4n) is 1.98. The van der Waals surface area contributed by atoms with E-state index in [0.29, 0.717) is 5.82 Å². The first-order valence-corrected chi connectivity index (χ1v) is 5.81. The summed E-state index contributed by atoms with van der Waals surface area (Å²) in [6.45, 7) is 3.70. The smallest absolute Gasteiger partial charge is 0.249 e. The summed E-state index contributed by atoms with van der Waals surface area (Å²) in [7, 11) is 0. The highest BCUT2D eigenvalue weighted by atomic mass is 16.2. The van der Waals surface area contributed by atoms with Crippen molar-refractivity contribution >= 4 is 17.6 Å². The van der Waals surface area contributed by atoms with Gasteiger partial charge in [-0.1, -0.05) is 6.07 Å². The van der Waals surface area contributed by atoms with Crippen molar-refractivity contribution in [1.29, 1.82) is 0 Å². The van der Waals surface area contributed by atoms with Crippen LogP contribution in [-0.4, -0.2) is 29.4 Å². The molecule has 0 aliphatic carbocycles. The van der Waals surface area contributed by atoms with Crippen molar-refractivity contribution in [3.05, 3.63) is 23.9 Å². The van der Waals surface area contributed by atoms with Crippen LogP contribution in [0.1, 0.15) is 25.5 Å². The van der Waals surface area contributed by atoms with Gasteiger partial charge in [0.1, 0.15) is 11.9 Å². The number of carbonyl (C=O) groups excluding carboxylic acids is 2. The van der Waals surface area contributed by atoms with Gasteiger partial charge in [0.25, 0.3) is 0 Å². The normalized spacial score (nSPS) is 21.7. The van der Waals surface area contributed by atoms with Gasteiger partial charge in [0.2, 0.25) is 11.8 Å². The van der Waals surface area contributed by atoms with Gasteiger partial charge in [-0.05, 0) is 19.9 Å². The number of nitrogens with zero attached hydrogens (tertiary/aromatic N) is 2. The van der Waals surface area contributed by atoms with Crippen molar-refractivity contribution in [2.75, 3.05) is 11.4 Å². The fraction of sp³-hybridized carbons (Fsp3) is 0.417. The van der Waals surface area contributed by atoms with Gasteiger partial charge in [0.15, 0.2) is 0 Å². The molecule has 2 rings (SSSR count). The van der Waals surface area contributed by atoms with Crippen molar-refractivity contribution < 1.29 is 9.59 Å². The summed E-state index contributed by atoms with van der Waals surface area (Å²) in [6.07, 6.45) is 1.63. The molecular formula is C12H16N4O2. The van der Waals surface area contributed by atoms with E-state index in [-0.39, 0.29) is 24.4 Å². The maximum absolute atomic E-state index is 11.6. The third-order valence-electron chi connectivity index (χ3n) is 3.00. The van der Waals surface area contributed by atoms with E-state index in [9.17, 15) is 9.59 Å². The molecule has 2 atom stereocenters. The number of amides is 2. The van der Waals surface area contributed by atoms with Crippen LogP contribution in [0.15, 0.2) is 18.3 Å². The molecule has 2 amide bonds. The molecule has 3 N–H and O–H groups in total. The van der Waals surface area contributed by atoms with Gasteiger partial charge in [0.05, 0.1) is 6.54 Å². The topological polar surface area (TPSA) is 88.3 Å². The standard InChI is InChI=1S/C12H16N4O2/c1-7(13)9-4-3-5-14-11(9)16-6-10(17)15-12(18)8(16)2/h3-5,7-8H,6,13H2,1-2H3,(H,15,17,18). The number of rotatable bonds is 2. The van der Waals surface area contributed by atoms with E-state index in [1.165, 1.54) is 0 Å². The van der Waals surface area contributed by atoms with Crippen molar-refractivity contribution in [1.82, 2.24) is 10.3 Å². The monoisotopic (exact) mass is 248 g/mol. The molecule has 2 heterocycles. The summed E-state index contributed by atoms with van der Waals surface area (Å²) in [5, 5.41) is 2.30. The number of pyridine rings is 1. The van der Waals surface area contributed by atoms with E-state index in [0.717, 1.165) is 5.56 Å². The number of nitrogens with two attached hydrogens (primary N) is 1. The average Bonchev–Trinajstić information content (AvgIpc) is 2.33. The van der Waals surface area contributed by atoms with Crippen molar-refractivity contribution in [3.8, 4) is 0 Å². The summed E-state index contributed by atoms with van der Waals surface area (Å²) >= 11 is 0. The molecule has 1 aliphatic rings. The van der Waals surface area contributed by atoms with Gasteiger partial charge < -0.3 is 10.6 Å². The Kier molecular flexibility index (Phi) is 3.29. The predicted octanol–water partition coefficient (Wildman–Crippen LogP) is -0.0474. The lowest BCUT2D eigenvalue weighted by Crippen LogP contribution is -2.57. The average molecular weight is 248 g/mol. The number of hydrogen-bond acceptors (Lipinski definition) is 5. The lowest BCUT2D eigenvalue weighted by molar-refractivity contribution is -0.132. The Morgan fingerprint density at radius 2 is 2.28 bits per heavy atom. The molecule has 1 saturated heterocycles. The minimum atomic E-state index is -0.435. The van der Waals surface area contributed by atoms with Gasteiger partial charge in [0, 0.05) is 17.8 Å². The van der Waals surface area contributed by atoms with Crippen LogP contribution in [-0.2, 0) is 9.59 Å². The molecule has 0 bridgehead atoms. The van der Waals surface area contributed by atoms with Crippen LogP contribution in [0.3, 0.4) is 0 Å². The molecule has 6 nitrogen and oxygen atoms in total. The SMILES string of the molecule is CC(N)c1cccnc1N1CC(=O)NC(=O)C1C. The van der Waals surface area contributed by atoms with E-state index in [1.54, 1.807) is 24.1 Å². The summed E-state index contributed by atoms with van der Waals surface area (Å²) in [6, 6.07) is 3.01. The number of anilines is 1. The zero-order chi connectivity index (χ0) is 13.3. The second-order valence-corrected chi connectivity index (χ2v) is 4.42. The molecule has 1 aromatic rings. The number of imide groups is 1. The summed E-state index contributed by atoms with van der Waals surface area (Å²) in [5.41, 5.74) is 6.71. The molecule has 1 fully saturated rings. The third kappa shape index (κ3) is 2.19. The maximum atomic E-state index is 11.6. The molecule has 1 aromatic heterocycles. The Balaban J connectivity index is 2.41. The highest BCUT2D eigenvalue weighted by molar-refractivity contribution is 6.04. The van der Waals surface area contributed by atoms with E-state index in [2.05, 4.69) is 10.3 Å². The van der Waals surface area contributed by atoms with Crippen molar-refractivity contribution in [2.24, 2.45) is 5.73 Å². The van der Waals surface area contributed by atoms with Gasteiger partial charge >= 0.3 is 0 Å². The predicted molar refractivity (Wildman–Crippen MR) is 66.8 cm³/mol. The molecule has 1 aliphatic heterocycles. The van der Waals surface area contributed by atoms with Crippen LogP contribution in [0.2, 0.25) is 0 Å². The fourth-order valence-corrected chi connectivity index (χ4v) is 1.98. The van der Waals surface area contributed by atoms with Crippen LogP contribution in [0.4, 0.5) is 5.82 Å². The highest BCUT2D eigenvalue weighted by Gasteiger charge is 2.32. The number of nitrogens with one attached hydrogen (secondary N) is 1. The molecule has 18 heavy (non-hydrogen) atoms. The van der Waals surface area contributed by atoms with E-state index < -0.39 is 6.04 Å². The zero-order valence-electron chi connectivity index (χ0n) is 10.4. The lowest BCUT2D eigenvalue weighted by Gasteiger charge is -2.34. The van der Waals surface area contributed by atoms with Gasteiger partial charge in [-0.25, -0.2) is 4.98 Å². The van der Waals surface area contributed by atoms with E-state index >= 15 is 0 Å². The summed E-state index contributed by atoms with van der Waals surface area (Å²) in [4.78, 5) is 29.0. The van der Waals surface area contributed by atoms with Crippen LogP contribution in [0.5, 0.6) is 0 Å². The molecular weight excluding hydrogens is 232 g/mol. The number of aromatic nitrogens is 1. The minimum Gasteiger partial charge on any atom is -0.335 e. The first-order valence-electron chi connectivity index (χ1n) is 5.81. The number of carbonyl (C=O) groups is 2. The first-order chi connectivity index (χ1) is 8.50. The van der Waals surface area contributed by atoms with Gasteiger partial charge in [-0.15, -0.1) is 0 Å². The lowest BCUT2D eigenvalue weighted by atomic mass is 10.1. The third-order valence-corrected chi connectivity index (χ3v) is 3.00. The van der Waals surface area contributed by atoms with E-state index in [4.69, 9.17) is 5.73 Å². The summed E-state index contributed by atoms with van der Waals surface area (Å²) in [5.74, 6) is -0.0323. The number of piperazine rings is 1. The first kappa shape index (κ1) is 12.5. The molecule has 0 saturated carbocycles. The van der Waals surface area contributed by atoms with Gasteiger partial charge in [-0.2, -0.15) is 0 Å². The molecule has 0 aromatic carbocycles. The van der Waals surface area contributed by atoms with E-state index in [1.807, 2.05) is 13.0 Å².